The molecule has 0 aliphatic carbocycles. The molecule has 3 heterocycles. The minimum absolute atomic E-state index is 0.369. The van der Waals surface area contributed by atoms with Crippen LogP contribution >= 0.6 is 11.3 Å². The number of nitrogens with zero attached hydrogens (tertiary/aromatic N) is 2. The Labute approximate surface area is 123 Å². The maximum atomic E-state index is 5.65. The Morgan fingerprint density at radius 3 is 3.35 bits per heavy atom. The quantitative estimate of drug-likeness (QED) is 0.859. The van der Waals surface area contributed by atoms with Crippen LogP contribution in [0.5, 0.6) is 0 Å². The second kappa shape index (κ2) is 6.52. The van der Waals surface area contributed by atoms with Gasteiger partial charge in [0.05, 0.1) is 19.3 Å². The number of rotatable bonds is 5. The molecule has 3 rings (SSSR count). The second-order valence-electron chi connectivity index (χ2n) is 5.09. The van der Waals surface area contributed by atoms with E-state index in [1.807, 2.05) is 6.20 Å². The highest BCUT2D eigenvalue weighted by Gasteiger charge is 2.25. The highest BCUT2D eigenvalue weighted by Crippen LogP contribution is 2.30. The van der Waals surface area contributed by atoms with Crippen LogP contribution in [-0.2, 0) is 4.74 Å². The zero-order valence-electron chi connectivity index (χ0n) is 11.8. The molecule has 1 N–H and O–H groups in total. The smallest absolute Gasteiger partial charge is 0.137 e. The average Bonchev–Trinajstić information content (AvgIpc) is 2.96. The molecule has 2 aromatic rings. The molecule has 0 radical (unpaired) electrons. The lowest BCUT2D eigenvalue weighted by atomic mass is 10.2. The van der Waals surface area contributed by atoms with Crippen molar-refractivity contribution in [3.63, 3.8) is 0 Å². The molecule has 108 valence electrons. The summed E-state index contributed by atoms with van der Waals surface area (Å²) in [5, 5.41) is 6.90. The third-order valence-electron chi connectivity index (χ3n) is 3.67. The highest BCUT2D eigenvalue weighted by atomic mass is 32.1. The maximum Gasteiger partial charge on any atom is 0.137 e. The Balaban J connectivity index is 1.83. The molecule has 20 heavy (non-hydrogen) atoms. The number of pyridine rings is 1. The predicted molar refractivity (Wildman–Crippen MR) is 84.7 cm³/mol. The summed E-state index contributed by atoms with van der Waals surface area (Å²) in [6.07, 6.45) is 3.08. The first-order chi connectivity index (χ1) is 9.90. The van der Waals surface area contributed by atoms with Gasteiger partial charge in [0, 0.05) is 29.4 Å². The zero-order chi connectivity index (χ0) is 13.8. The summed E-state index contributed by atoms with van der Waals surface area (Å²) < 4.78 is 6.96. The fourth-order valence-corrected chi connectivity index (χ4v) is 3.43. The average molecular weight is 291 g/mol. The van der Waals surface area contributed by atoms with Crippen molar-refractivity contribution in [3.8, 4) is 0 Å². The van der Waals surface area contributed by atoms with E-state index in [0.29, 0.717) is 6.04 Å². The van der Waals surface area contributed by atoms with E-state index in [1.165, 1.54) is 10.1 Å². The van der Waals surface area contributed by atoms with Gasteiger partial charge in [-0.1, -0.05) is 6.92 Å². The van der Waals surface area contributed by atoms with Crippen molar-refractivity contribution < 1.29 is 4.74 Å². The molecule has 1 fully saturated rings. The van der Waals surface area contributed by atoms with E-state index in [9.17, 15) is 0 Å². The van der Waals surface area contributed by atoms with Crippen molar-refractivity contribution in [2.24, 2.45) is 0 Å². The molecule has 2 aromatic heterocycles. The number of aromatic nitrogens is 1. The molecule has 5 heteroatoms. The van der Waals surface area contributed by atoms with Crippen molar-refractivity contribution in [2.75, 3.05) is 37.7 Å². The third kappa shape index (κ3) is 2.80. The van der Waals surface area contributed by atoms with Crippen LogP contribution in [0.3, 0.4) is 0 Å². The Bertz CT molecular complexity index is 557. The van der Waals surface area contributed by atoms with Gasteiger partial charge in [0.1, 0.15) is 5.82 Å². The van der Waals surface area contributed by atoms with Crippen LogP contribution in [0.15, 0.2) is 23.7 Å². The molecular weight excluding hydrogens is 270 g/mol. The molecule has 0 aromatic carbocycles. The summed E-state index contributed by atoms with van der Waals surface area (Å²) in [5.41, 5.74) is 0. The highest BCUT2D eigenvalue weighted by molar-refractivity contribution is 7.17. The molecule has 0 saturated carbocycles. The molecular formula is C15H21N3OS. The Kier molecular flexibility index (Phi) is 4.50. The van der Waals surface area contributed by atoms with Gasteiger partial charge in [-0.2, -0.15) is 0 Å². The van der Waals surface area contributed by atoms with Gasteiger partial charge in [0.15, 0.2) is 0 Å². The van der Waals surface area contributed by atoms with Crippen LogP contribution in [0, 0.1) is 0 Å². The third-order valence-corrected chi connectivity index (χ3v) is 4.55. The van der Waals surface area contributed by atoms with E-state index in [2.05, 4.69) is 39.6 Å². The molecule has 1 aliphatic rings. The van der Waals surface area contributed by atoms with Crippen molar-refractivity contribution >= 4 is 27.2 Å². The largest absolute Gasteiger partial charge is 0.377 e. The predicted octanol–water partition coefficient (Wildman–Crippen LogP) is 2.50. The number of hydrogen-bond donors (Lipinski definition) is 1. The molecule has 0 spiro atoms. The van der Waals surface area contributed by atoms with E-state index in [1.54, 1.807) is 11.3 Å². The minimum atomic E-state index is 0.369. The number of anilines is 1. The number of hydrogen-bond acceptors (Lipinski definition) is 5. The number of ether oxygens (including phenoxy) is 1. The lowest BCUT2D eigenvalue weighted by molar-refractivity contribution is 0.0935. The molecule has 1 unspecified atom stereocenters. The van der Waals surface area contributed by atoms with Crippen LogP contribution in [-0.4, -0.2) is 43.9 Å². The first-order valence-corrected chi connectivity index (χ1v) is 8.15. The lowest BCUT2D eigenvalue weighted by Crippen LogP contribution is -2.51. The van der Waals surface area contributed by atoms with E-state index in [0.717, 1.165) is 45.1 Å². The fraction of sp³-hybridized carbons (Fsp3) is 0.533. The number of thiophene rings is 1. The fourth-order valence-electron chi connectivity index (χ4n) is 2.66. The first kappa shape index (κ1) is 13.8. The molecule has 1 saturated heterocycles. The van der Waals surface area contributed by atoms with Gasteiger partial charge in [0.25, 0.3) is 0 Å². The van der Waals surface area contributed by atoms with Crippen LogP contribution in [0.25, 0.3) is 10.1 Å². The van der Waals surface area contributed by atoms with E-state index < -0.39 is 0 Å². The number of nitrogens with one attached hydrogen (secondary N) is 1. The van der Waals surface area contributed by atoms with E-state index in [-0.39, 0.29) is 0 Å². The minimum Gasteiger partial charge on any atom is -0.377 e. The number of fused-ring (bicyclic) bond motifs is 1. The Morgan fingerprint density at radius 2 is 2.45 bits per heavy atom. The topological polar surface area (TPSA) is 37.4 Å². The van der Waals surface area contributed by atoms with Gasteiger partial charge in [-0.15, -0.1) is 11.3 Å². The molecule has 0 bridgehead atoms. The van der Waals surface area contributed by atoms with E-state index in [4.69, 9.17) is 4.74 Å². The standard InChI is InChI=1S/C15H21N3OS/c1-2-5-16-10-12-11-19-8-7-18(12)15-13-4-9-20-14(13)3-6-17-15/h3-4,6,9,12,16H,2,5,7-8,10-11H2,1H3. The van der Waals surface area contributed by atoms with Crippen molar-refractivity contribution in [1.82, 2.24) is 10.3 Å². The van der Waals surface area contributed by atoms with Crippen molar-refractivity contribution in [3.05, 3.63) is 23.7 Å². The SMILES string of the molecule is CCCNCC1COCCN1c1nccc2sccc12. The van der Waals surface area contributed by atoms with Crippen LogP contribution < -0.4 is 10.2 Å². The maximum absolute atomic E-state index is 5.65. The van der Waals surface area contributed by atoms with Gasteiger partial charge in [0.2, 0.25) is 0 Å². The molecule has 4 nitrogen and oxygen atoms in total. The van der Waals surface area contributed by atoms with Gasteiger partial charge >= 0.3 is 0 Å². The first-order valence-electron chi connectivity index (χ1n) is 7.27. The van der Waals surface area contributed by atoms with Gasteiger partial charge in [-0.05, 0) is 30.5 Å². The van der Waals surface area contributed by atoms with Gasteiger partial charge in [-0.25, -0.2) is 4.98 Å². The van der Waals surface area contributed by atoms with Crippen LogP contribution in [0.1, 0.15) is 13.3 Å². The second-order valence-corrected chi connectivity index (χ2v) is 6.04. The summed E-state index contributed by atoms with van der Waals surface area (Å²) in [5.74, 6) is 1.11. The monoisotopic (exact) mass is 291 g/mol. The molecule has 1 atom stereocenters. The summed E-state index contributed by atoms with van der Waals surface area (Å²) in [4.78, 5) is 7.03. The summed E-state index contributed by atoms with van der Waals surface area (Å²) in [6, 6.07) is 4.64. The zero-order valence-corrected chi connectivity index (χ0v) is 12.7. The molecule has 1 aliphatic heterocycles. The van der Waals surface area contributed by atoms with Crippen LogP contribution in [0.2, 0.25) is 0 Å². The van der Waals surface area contributed by atoms with Gasteiger partial charge < -0.3 is 15.0 Å². The summed E-state index contributed by atoms with van der Waals surface area (Å²) >= 11 is 1.77. The Morgan fingerprint density at radius 1 is 1.50 bits per heavy atom. The van der Waals surface area contributed by atoms with Crippen molar-refractivity contribution in [2.45, 2.75) is 19.4 Å². The Hall–Kier alpha value is -1.17. The summed E-state index contributed by atoms with van der Waals surface area (Å²) in [6.45, 7) is 6.68. The lowest BCUT2D eigenvalue weighted by Gasteiger charge is -2.37. The molecule has 0 amide bonds. The van der Waals surface area contributed by atoms with Crippen LogP contribution in [0.4, 0.5) is 5.82 Å². The van der Waals surface area contributed by atoms with Crippen molar-refractivity contribution in [1.29, 1.82) is 0 Å². The normalized spacial score (nSPS) is 19.6. The summed E-state index contributed by atoms with van der Waals surface area (Å²) in [7, 11) is 0. The van der Waals surface area contributed by atoms with E-state index >= 15 is 0 Å². The van der Waals surface area contributed by atoms with Gasteiger partial charge in [-0.3, -0.25) is 0 Å². The number of morpholine rings is 1.